The molecule has 40 heavy (non-hydrogen) atoms. The van der Waals surface area contributed by atoms with Crippen LogP contribution in [0.4, 0.5) is 0 Å². The van der Waals surface area contributed by atoms with Crippen molar-refractivity contribution in [2.45, 2.75) is 71.8 Å². The Morgan fingerprint density at radius 2 is 1.62 bits per heavy atom. The van der Waals surface area contributed by atoms with Crippen LogP contribution in [0.15, 0.2) is 42.6 Å². The van der Waals surface area contributed by atoms with Crippen molar-refractivity contribution in [3.63, 3.8) is 0 Å². The average molecular weight is 550 g/mol. The largest absolute Gasteiger partial charge is 0.462 e. The lowest BCUT2D eigenvalue weighted by Gasteiger charge is -2.14. The van der Waals surface area contributed by atoms with Crippen LogP contribution in [-0.4, -0.2) is 48.9 Å². The third-order valence-corrected chi connectivity index (χ3v) is 7.09. The Morgan fingerprint density at radius 3 is 2.25 bits per heavy atom. The SMILES string of the molecule is CCCCNCCCc1ccc(C(=O)c2c(CCCC)c(C(OC)C(N)=O)c3cc(C(=O)OCC)ccn23)cc1. The van der Waals surface area contributed by atoms with Crippen LogP contribution in [0.5, 0.6) is 0 Å². The minimum atomic E-state index is -1.07. The third-order valence-electron chi connectivity index (χ3n) is 7.09. The van der Waals surface area contributed by atoms with Gasteiger partial charge < -0.3 is 24.9 Å². The van der Waals surface area contributed by atoms with Crippen molar-refractivity contribution in [2.24, 2.45) is 5.73 Å². The number of fused-ring (bicyclic) bond motifs is 1. The van der Waals surface area contributed by atoms with E-state index in [0.717, 1.165) is 38.8 Å². The summed E-state index contributed by atoms with van der Waals surface area (Å²) in [6, 6.07) is 11.0. The van der Waals surface area contributed by atoms with E-state index in [4.69, 9.17) is 15.2 Å². The van der Waals surface area contributed by atoms with Gasteiger partial charge in [0.15, 0.2) is 6.10 Å². The van der Waals surface area contributed by atoms with Crippen LogP contribution in [0.2, 0.25) is 0 Å². The summed E-state index contributed by atoms with van der Waals surface area (Å²) in [4.78, 5) is 39.1. The maximum absolute atomic E-state index is 14.1. The van der Waals surface area contributed by atoms with E-state index < -0.39 is 18.0 Å². The summed E-state index contributed by atoms with van der Waals surface area (Å²) in [6.07, 6.45) is 7.18. The number of nitrogens with one attached hydrogen (secondary N) is 1. The molecule has 1 unspecified atom stereocenters. The molecule has 0 saturated carbocycles. The molecule has 3 N–H and O–H groups in total. The zero-order chi connectivity index (χ0) is 29.1. The second-order valence-electron chi connectivity index (χ2n) is 9.99. The van der Waals surface area contributed by atoms with Crippen molar-refractivity contribution in [3.05, 3.63) is 76.1 Å². The molecule has 1 aromatic carbocycles. The van der Waals surface area contributed by atoms with E-state index >= 15 is 0 Å². The molecule has 8 nitrogen and oxygen atoms in total. The molecule has 2 aromatic heterocycles. The standard InChI is InChI=1S/C32H43N3O5/c1-5-8-12-25-27(30(39-4)31(33)37)26-21-24(32(38)40-7-3)17-20-35(26)28(25)29(36)23-15-13-22(14-16-23)11-10-19-34-18-9-6-2/h13-17,20-21,30,34H,5-12,18-19H2,1-4H3,(H2,33,37). The van der Waals surface area contributed by atoms with Crippen LogP contribution in [0, 0.1) is 0 Å². The fourth-order valence-corrected chi connectivity index (χ4v) is 5.00. The number of amides is 1. The molecular formula is C32H43N3O5. The number of ether oxygens (including phenoxy) is 2. The van der Waals surface area contributed by atoms with Crippen LogP contribution in [0.25, 0.3) is 5.52 Å². The van der Waals surface area contributed by atoms with Crippen LogP contribution in [0.1, 0.15) is 102 Å². The third kappa shape index (κ3) is 7.37. The molecule has 0 radical (unpaired) electrons. The van der Waals surface area contributed by atoms with E-state index in [1.807, 2.05) is 24.3 Å². The number of nitrogens with two attached hydrogens (primary N) is 1. The number of hydrogen-bond acceptors (Lipinski definition) is 6. The summed E-state index contributed by atoms with van der Waals surface area (Å²) >= 11 is 0. The fraction of sp³-hybridized carbons (Fsp3) is 0.469. The number of benzene rings is 1. The van der Waals surface area contributed by atoms with Crippen molar-refractivity contribution >= 4 is 23.2 Å². The highest BCUT2D eigenvalue weighted by molar-refractivity contribution is 6.10. The van der Waals surface area contributed by atoms with E-state index in [9.17, 15) is 14.4 Å². The summed E-state index contributed by atoms with van der Waals surface area (Å²) in [5.41, 5.74) is 10.00. The van der Waals surface area contributed by atoms with Crippen LogP contribution in [0.3, 0.4) is 0 Å². The van der Waals surface area contributed by atoms with Crippen molar-refractivity contribution in [3.8, 4) is 0 Å². The number of pyridine rings is 1. The Labute approximate surface area is 237 Å². The summed E-state index contributed by atoms with van der Waals surface area (Å²) in [7, 11) is 1.41. The van der Waals surface area contributed by atoms with Gasteiger partial charge in [0.05, 0.1) is 23.4 Å². The zero-order valence-corrected chi connectivity index (χ0v) is 24.3. The first kappa shape index (κ1) is 31.0. The molecular weight excluding hydrogens is 506 g/mol. The highest BCUT2D eigenvalue weighted by Crippen LogP contribution is 2.34. The zero-order valence-electron chi connectivity index (χ0n) is 24.3. The molecule has 3 aromatic rings. The number of hydrogen-bond donors (Lipinski definition) is 2. The quantitative estimate of drug-likeness (QED) is 0.136. The molecule has 1 atom stereocenters. The van der Waals surface area contributed by atoms with Gasteiger partial charge >= 0.3 is 5.97 Å². The molecule has 0 saturated heterocycles. The van der Waals surface area contributed by atoms with Crippen molar-refractivity contribution in [1.82, 2.24) is 9.72 Å². The lowest BCUT2D eigenvalue weighted by atomic mass is 9.95. The van der Waals surface area contributed by atoms with Gasteiger partial charge in [0.2, 0.25) is 5.78 Å². The van der Waals surface area contributed by atoms with E-state index in [1.165, 1.54) is 25.5 Å². The van der Waals surface area contributed by atoms with E-state index in [2.05, 4.69) is 19.2 Å². The van der Waals surface area contributed by atoms with Crippen molar-refractivity contribution in [2.75, 3.05) is 26.8 Å². The maximum Gasteiger partial charge on any atom is 0.338 e. The lowest BCUT2D eigenvalue weighted by Crippen LogP contribution is -2.23. The number of methoxy groups -OCH3 is 1. The maximum atomic E-state index is 14.1. The Kier molecular flexibility index (Phi) is 11.9. The number of aromatic nitrogens is 1. The van der Waals surface area contributed by atoms with Gasteiger partial charge in [0.25, 0.3) is 5.91 Å². The number of esters is 1. The highest BCUT2D eigenvalue weighted by Gasteiger charge is 2.31. The van der Waals surface area contributed by atoms with Gasteiger partial charge in [-0.2, -0.15) is 0 Å². The summed E-state index contributed by atoms with van der Waals surface area (Å²) in [5, 5.41) is 3.46. The molecule has 216 valence electrons. The van der Waals surface area contributed by atoms with Gasteiger partial charge in [0, 0.05) is 24.4 Å². The second-order valence-corrected chi connectivity index (χ2v) is 9.99. The topological polar surface area (TPSA) is 112 Å². The van der Waals surface area contributed by atoms with E-state index in [-0.39, 0.29) is 12.4 Å². The van der Waals surface area contributed by atoms with E-state index in [0.29, 0.717) is 39.9 Å². The average Bonchev–Trinajstić information content (AvgIpc) is 3.27. The predicted molar refractivity (Wildman–Crippen MR) is 157 cm³/mol. The number of aryl methyl sites for hydroxylation is 1. The molecule has 0 spiro atoms. The smallest absolute Gasteiger partial charge is 0.338 e. The van der Waals surface area contributed by atoms with Crippen molar-refractivity contribution < 1.29 is 23.9 Å². The summed E-state index contributed by atoms with van der Waals surface area (Å²) in [6.45, 7) is 8.23. The van der Waals surface area contributed by atoms with E-state index in [1.54, 1.807) is 29.7 Å². The minimum absolute atomic E-state index is 0.164. The predicted octanol–water partition coefficient (Wildman–Crippen LogP) is 5.18. The number of ketones is 1. The van der Waals surface area contributed by atoms with Gasteiger partial charge in [-0.05, 0) is 75.4 Å². The molecule has 2 heterocycles. The number of unbranched alkanes of at least 4 members (excludes halogenated alkanes) is 2. The van der Waals surface area contributed by atoms with Crippen LogP contribution < -0.4 is 11.1 Å². The summed E-state index contributed by atoms with van der Waals surface area (Å²) < 4.78 is 12.5. The minimum Gasteiger partial charge on any atom is -0.462 e. The van der Waals surface area contributed by atoms with Gasteiger partial charge in [-0.1, -0.05) is 51.0 Å². The first-order valence-corrected chi connectivity index (χ1v) is 14.4. The second kappa shape index (κ2) is 15.3. The Bertz CT molecular complexity index is 1300. The first-order valence-electron chi connectivity index (χ1n) is 14.4. The van der Waals surface area contributed by atoms with Gasteiger partial charge in [-0.25, -0.2) is 4.79 Å². The Hall–Kier alpha value is -3.49. The van der Waals surface area contributed by atoms with Crippen LogP contribution >= 0.6 is 0 Å². The number of carbonyl (C=O) groups excluding carboxylic acids is 3. The monoisotopic (exact) mass is 549 g/mol. The number of carbonyl (C=O) groups is 3. The number of nitrogens with zero attached hydrogens (tertiary/aromatic N) is 1. The van der Waals surface area contributed by atoms with Gasteiger partial charge in [0.1, 0.15) is 0 Å². The Morgan fingerprint density at radius 1 is 0.925 bits per heavy atom. The molecule has 0 aliphatic heterocycles. The van der Waals surface area contributed by atoms with Gasteiger partial charge in [-0.3, -0.25) is 9.59 Å². The van der Waals surface area contributed by atoms with Crippen LogP contribution in [-0.2, 0) is 27.1 Å². The molecule has 0 fully saturated rings. The number of primary amides is 1. The molecule has 1 amide bonds. The lowest BCUT2D eigenvalue weighted by molar-refractivity contribution is -0.128. The molecule has 0 bridgehead atoms. The van der Waals surface area contributed by atoms with Crippen molar-refractivity contribution in [1.29, 1.82) is 0 Å². The fourth-order valence-electron chi connectivity index (χ4n) is 5.00. The molecule has 8 heteroatoms. The first-order chi connectivity index (χ1) is 19.4. The Balaban J connectivity index is 2.04. The molecule has 0 aliphatic rings. The molecule has 0 aliphatic carbocycles. The van der Waals surface area contributed by atoms with Gasteiger partial charge in [-0.15, -0.1) is 0 Å². The molecule has 3 rings (SSSR count). The number of rotatable bonds is 17. The highest BCUT2D eigenvalue weighted by atomic mass is 16.5. The summed E-state index contributed by atoms with van der Waals surface area (Å²) in [5.74, 6) is -1.31. The normalized spacial score (nSPS) is 12.0.